The van der Waals surface area contributed by atoms with Gasteiger partial charge in [-0.15, -0.1) is 0 Å². The smallest absolute Gasteiger partial charge is 0.394 e. The number of fused-ring (bicyclic) bond motifs is 1. The van der Waals surface area contributed by atoms with Crippen molar-refractivity contribution >= 4 is 16.4 Å². The molecule has 0 aliphatic carbocycles. The van der Waals surface area contributed by atoms with Gasteiger partial charge in [0, 0.05) is 25.1 Å². The fourth-order valence-electron chi connectivity index (χ4n) is 4.43. The summed E-state index contributed by atoms with van der Waals surface area (Å²) in [6, 6.07) is 15.0. The van der Waals surface area contributed by atoms with Gasteiger partial charge in [0.1, 0.15) is 17.6 Å². The summed E-state index contributed by atoms with van der Waals surface area (Å²) < 4.78 is 43.4. The topological polar surface area (TPSA) is 150 Å². The normalized spacial score (nSPS) is 15.8. The molecule has 2 aromatic carbocycles. The summed E-state index contributed by atoms with van der Waals surface area (Å²) in [6.07, 6.45) is 1.45. The summed E-state index contributed by atoms with van der Waals surface area (Å²) in [4.78, 5) is 18.9. The summed E-state index contributed by atoms with van der Waals surface area (Å²) in [7, 11) is -4.67. The Hall–Kier alpha value is -3.25. The molecule has 0 fully saturated rings. The minimum absolute atomic E-state index is 0.0212. The van der Waals surface area contributed by atoms with Crippen LogP contribution >= 0.6 is 0 Å². The van der Waals surface area contributed by atoms with Crippen molar-refractivity contribution in [2.45, 2.75) is 46.6 Å². The lowest BCUT2D eigenvalue weighted by Crippen LogP contribution is -2.43. The van der Waals surface area contributed by atoms with E-state index in [1.807, 2.05) is 55.5 Å². The van der Waals surface area contributed by atoms with Crippen molar-refractivity contribution in [2.75, 3.05) is 19.7 Å². The van der Waals surface area contributed by atoms with Crippen molar-refractivity contribution in [2.24, 2.45) is 5.41 Å². The molecule has 0 saturated heterocycles. The fourth-order valence-corrected chi connectivity index (χ4v) is 4.43. The number of hydrogen-bond donors (Lipinski definition) is 3. The van der Waals surface area contributed by atoms with E-state index in [9.17, 15) is 9.90 Å². The number of carbonyl (C=O) groups is 1. The van der Waals surface area contributed by atoms with Gasteiger partial charge >= 0.3 is 16.4 Å². The first kappa shape index (κ1) is 29.3. The first-order valence-electron chi connectivity index (χ1n) is 12.2. The summed E-state index contributed by atoms with van der Waals surface area (Å²) in [5.74, 6) is 1.26. The van der Waals surface area contributed by atoms with E-state index in [0.29, 0.717) is 24.7 Å². The molecule has 3 aromatic rings. The van der Waals surface area contributed by atoms with Crippen LogP contribution in [-0.2, 0) is 28.0 Å². The van der Waals surface area contributed by atoms with Gasteiger partial charge in [0.05, 0.1) is 12.3 Å². The molecule has 1 atom stereocenters. The van der Waals surface area contributed by atoms with Gasteiger partial charge in [0.2, 0.25) is 5.89 Å². The Morgan fingerprint density at radius 1 is 1.16 bits per heavy atom. The number of benzene rings is 2. The van der Waals surface area contributed by atoms with Gasteiger partial charge in [0.25, 0.3) is 0 Å². The molecule has 3 N–H and O–H groups in total. The zero-order valence-corrected chi connectivity index (χ0v) is 22.7. The van der Waals surface area contributed by atoms with Gasteiger partial charge in [-0.05, 0) is 54.2 Å². The Morgan fingerprint density at radius 2 is 1.82 bits per heavy atom. The lowest BCUT2D eigenvalue weighted by molar-refractivity contribution is -0.144. The molecule has 0 saturated carbocycles. The van der Waals surface area contributed by atoms with Gasteiger partial charge in [-0.2, -0.15) is 8.42 Å². The first-order valence-corrected chi connectivity index (χ1v) is 13.5. The van der Waals surface area contributed by atoms with Crippen LogP contribution in [0.2, 0.25) is 0 Å². The molecule has 0 bridgehead atoms. The number of aromatic nitrogens is 1. The number of ether oxygens (including phenoxy) is 1. The number of oxazole rings is 1. The van der Waals surface area contributed by atoms with E-state index in [-0.39, 0.29) is 5.41 Å². The molecular weight excluding hydrogens is 512 g/mol. The summed E-state index contributed by atoms with van der Waals surface area (Å²) >= 11 is 0. The van der Waals surface area contributed by atoms with Crippen LogP contribution in [-0.4, -0.2) is 58.2 Å². The molecule has 0 radical (unpaired) electrons. The number of carboxylic acid groups (broad SMARTS) is 1. The molecular formula is C27H34N2O8S. The quantitative estimate of drug-likeness (QED) is 0.357. The Labute approximate surface area is 222 Å². The molecule has 2 heterocycles. The molecule has 38 heavy (non-hydrogen) atoms. The van der Waals surface area contributed by atoms with Crippen LogP contribution in [0.3, 0.4) is 0 Å². The Balaban J connectivity index is 0.000000732. The number of aliphatic carboxylic acids is 1. The monoisotopic (exact) mass is 546 g/mol. The minimum Gasteiger partial charge on any atom is -0.493 e. The van der Waals surface area contributed by atoms with Crippen molar-refractivity contribution in [3.8, 4) is 17.2 Å². The van der Waals surface area contributed by atoms with E-state index in [0.717, 1.165) is 47.7 Å². The summed E-state index contributed by atoms with van der Waals surface area (Å²) in [6.45, 7) is 10.2. The molecule has 10 nitrogen and oxygen atoms in total. The zero-order chi connectivity index (χ0) is 28.1. The predicted molar refractivity (Wildman–Crippen MR) is 142 cm³/mol. The third-order valence-corrected chi connectivity index (χ3v) is 5.88. The van der Waals surface area contributed by atoms with Crippen LogP contribution in [0.1, 0.15) is 49.4 Å². The molecule has 1 aliphatic rings. The second-order valence-corrected chi connectivity index (χ2v) is 11.2. The van der Waals surface area contributed by atoms with Crippen molar-refractivity contribution < 1.29 is 36.6 Å². The van der Waals surface area contributed by atoms with Crippen LogP contribution in [0.15, 0.2) is 52.9 Å². The molecule has 11 heteroatoms. The van der Waals surface area contributed by atoms with Gasteiger partial charge in [-0.1, -0.05) is 45.0 Å². The molecule has 206 valence electrons. The van der Waals surface area contributed by atoms with E-state index in [1.165, 1.54) is 0 Å². The van der Waals surface area contributed by atoms with E-state index >= 15 is 0 Å². The highest BCUT2D eigenvalue weighted by Gasteiger charge is 2.35. The second kappa shape index (κ2) is 12.1. The number of hydrogen-bond acceptors (Lipinski definition) is 7. The zero-order valence-electron chi connectivity index (χ0n) is 21.9. The maximum absolute atomic E-state index is 12.2. The number of rotatable bonds is 7. The Morgan fingerprint density at radius 3 is 2.42 bits per heavy atom. The predicted octanol–water partition coefficient (Wildman–Crippen LogP) is 4.65. The second-order valence-electron chi connectivity index (χ2n) is 10.3. The number of nitrogens with zero attached hydrogens (tertiary/aromatic N) is 2. The molecule has 1 aromatic heterocycles. The minimum atomic E-state index is -4.67. The lowest BCUT2D eigenvalue weighted by atomic mass is 9.88. The van der Waals surface area contributed by atoms with Crippen LogP contribution in [0.5, 0.6) is 5.75 Å². The highest BCUT2D eigenvalue weighted by atomic mass is 32.3. The van der Waals surface area contributed by atoms with Crippen molar-refractivity contribution in [1.29, 1.82) is 0 Å². The lowest BCUT2D eigenvalue weighted by Gasteiger charge is -2.38. The summed E-state index contributed by atoms with van der Waals surface area (Å²) in [5.41, 5.74) is 3.75. The van der Waals surface area contributed by atoms with Crippen LogP contribution in [0, 0.1) is 12.3 Å². The maximum Gasteiger partial charge on any atom is 0.394 e. The molecule has 4 rings (SSSR count). The van der Waals surface area contributed by atoms with Crippen LogP contribution in [0.4, 0.5) is 0 Å². The highest BCUT2D eigenvalue weighted by molar-refractivity contribution is 7.79. The van der Waals surface area contributed by atoms with Crippen LogP contribution < -0.4 is 4.74 Å². The van der Waals surface area contributed by atoms with E-state index < -0.39 is 22.4 Å². The van der Waals surface area contributed by atoms with Crippen molar-refractivity contribution in [1.82, 2.24) is 9.88 Å². The van der Waals surface area contributed by atoms with E-state index in [1.54, 1.807) is 0 Å². The Kier molecular flexibility index (Phi) is 9.31. The molecule has 0 spiro atoms. The van der Waals surface area contributed by atoms with Crippen molar-refractivity contribution in [3.05, 3.63) is 71.1 Å². The summed E-state index contributed by atoms with van der Waals surface area (Å²) in [5, 5.41) is 9.99. The van der Waals surface area contributed by atoms with Gasteiger partial charge in [-0.3, -0.25) is 18.8 Å². The third-order valence-electron chi connectivity index (χ3n) is 5.88. The number of carboxylic acids is 1. The Bertz CT molecular complexity index is 1340. The standard InChI is InChI=1S/C27H32N2O4.H2O4S/c1-18-23(28-25(33-18)20-8-6-5-7-9-20)13-15-32-21-11-10-19-12-14-29(17-27(2,3)4)24(26(30)31)22(19)16-21;1-5(2,3)4/h5-11,16,24H,12-15,17H2,1-4H3,(H,30,31);(H2,1,2,3,4). The molecule has 1 unspecified atom stereocenters. The van der Waals surface area contributed by atoms with Gasteiger partial charge in [0.15, 0.2) is 0 Å². The number of aryl methyl sites for hydroxylation is 1. The molecule has 1 aliphatic heterocycles. The maximum atomic E-state index is 12.2. The van der Waals surface area contributed by atoms with Gasteiger partial charge < -0.3 is 14.3 Å². The average molecular weight is 547 g/mol. The average Bonchev–Trinajstić information content (AvgIpc) is 3.17. The molecule has 0 amide bonds. The van der Waals surface area contributed by atoms with Crippen LogP contribution in [0.25, 0.3) is 11.5 Å². The van der Waals surface area contributed by atoms with Crippen molar-refractivity contribution in [3.63, 3.8) is 0 Å². The highest BCUT2D eigenvalue weighted by Crippen LogP contribution is 2.35. The fraction of sp³-hybridized carbons (Fsp3) is 0.407. The van der Waals surface area contributed by atoms with E-state index in [4.69, 9.17) is 26.7 Å². The largest absolute Gasteiger partial charge is 0.493 e. The third kappa shape index (κ3) is 8.66. The first-order chi connectivity index (χ1) is 17.7. The van der Waals surface area contributed by atoms with Gasteiger partial charge in [-0.25, -0.2) is 4.98 Å². The SMILES string of the molecule is Cc1oc(-c2ccccc2)nc1CCOc1ccc2c(c1)C(C(=O)O)N(CC(C)(C)C)CC2.O=S(=O)(O)O. The van der Waals surface area contributed by atoms with E-state index in [2.05, 4.69) is 30.7 Å².